The molecule has 1 fully saturated rings. The first-order chi connectivity index (χ1) is 8.42. The second kappa shape index (κ2) is 4.85. The van der Waals surface area contributed by atoms with Crippen molar-refractivity contribution in [2.45, 2.75) is 24.8 Å². The summed E-state index contributed by atoms with van der Waals surface area (Å²) in [5.41, 5.74) is 0.791. The SMILES string of the molecule is CN1C(=S)SC(C)(C)[C@@H]1[N+]([O-])=Cc1cccnc1. The fourth-order valence-corrected chi connectivity index (χ4v) is 3.87. The Morgan fingerprint density at radius 2 is 2.33 bits per heavy atom. The summed E-state index contributed by atoms with van der Waals surface area (Å²) in [5, 5.41) is 12.3. The summed E-state index contributed by atoms with van der Waals surface area (Å²) in [6.45, 7) is 4.06. The molecular formula is C12H15N3OS2. The second-order valence-electron chi connectivity index (χ2n) is 4.73. The van der Waals surface area contributed by atoms with Crippen molar-refractivity contribution in [1.82, 2.24) is 9.88 Å². The van der Waals surface area contributed by atoms with Gasteiger partial charge in [0.2, 0.25) is 0 Å². The molecular weight excluding hydrogens is 266 g/mol. The van der Waals surface area contributed by atoms with Crippen LogP contribution in [0.25, 0.3) is 0 Å². The first-order valence-corrected chi connectivity index (χ1v) is 6.80. The average molecular weight is 281 g/mol. The molecule has 4 nitrogen and oxygen atoms in total. The number of aromatic nitrogens is 1. The summed E-state index contributed by atoms with van der Waals surface area (Å²) in [7, 11) is 1.86. The molecule has 2 heterocycles. The molecule has 0 unspecified atom stereocenters. The van der Waals surface area contributed by atoms with Crippen LogP contribution in [0.1, 0.15) is 19.4 Å². The lowest BCUT2D eigenvalue weighted by Gasteiger charge is -2.27. The molecule has 96 valence electrons. The minimum atomic E-state index is -0.296. The topological polar surface area (TPSA) is 42.2 Å². The molecule has 1 aliphatic heterocycles. The molecule has 1 saturated heterocycles. The largest absolute Gasteiger partial charge is 0.622 e. The molecule has 1 aliphatic rings. The van der Waals surface area contributed by atoms with Gasteiger partial charge in [-0.25, -0.2) is 0 Å². The van der Waals surface area contributed by atoms with Gasteiger partial charge in [-0.1, -0.05) is 24.0 Å². The summed E-state index contributed by atoms with van der Waals surface area (Å²) in [5.74, 6) is 0. The summed E-state index contributed by atoms with van der Waals surface area (Å²) < 4.78 is 1.49. The summed E-state index contributed by atoms with van der Waals surface area (Å²) in [4.78, 5) is 5.84. The molecule has 0 spiro atoms. The average Bonchev–Trinajstić information content (AvgIpc) is 2.49. The summed E-state index contributed by atoms with van der Waals surface area (Å²) in [6, 6.07) is 3.66. The van der Waals surface area contributed by atoms with E-state index in [1.807, 2.05) is 37.9 Å². The number of pyridine rings is 1. The Balaban J connectivity index is 2.31. The fraction of sp³-hybridized carbons (Fsp3) is 0.417. The Hall–Kier alpha value is -1.14. The highest BCUT2D eigenvalue weighted by atomic mass is 32.2. The van der Waals surface area contributed by atoms with Gasteiger partial charge in [-0.2, -0.15) is 4.74 Å². The maximum absolute atomic E-state index is 12.3. The predicted molar refractivity (Wildman–Crippen MR) is 78.8 cm³/mol. The van der Waals surface area contributed by atoms with E-state index in [0.717, 1.165) is 14.6 Å². The van der Waals surface area contributed by atoms with E-state index in [9.17, 15) is 5.21 Å². The zero-order chi connectivity index (χ0) is 13.3. The molecule has 0 aliphatic carbocycles. The molecule has 2 rings (SSSR count). The monoisotopic (exact) mass is 281 g/mol. The first kappa shape index (κ1) is 13.3. The van der Waals surface area contributed by atoms with Crippen molar-refractivity contribution in [3.63, 3.8) is 0 Å². The number of hydroxylamine groups is 1. The molecule has 1 aromatic heterocycles. The highest BCUT2D eigenvalue weighted by Crippen LogP contribution is 2.40. The maximum Gasteiger partial charge on any atom is 0.254 e. The Labute approximate surface area is 116 Å². The Morgan fingerprint density at radius 1 is 1.61 bits per heavy atom. The molecule has 18 heavy (non-hydrogen) atoms. The van der Waals surface area contributed by atoms with Crippen molar-refractivity contribution in [3.05, 3.63) is 35.3 Å². The van der Waals surface area contributed by atoms with E-state index in [1.165, 1.54) is 0 Å². The lowest BCUT2D eigenvalue weighted by atomic mass is 10.1. The lowest BCUT2D eigenvalue weighted by Crippen LogP contribution is -2.46. The van der Waals surface area contributed by atoms with E-state index in [4.69, 9.17) is 12.2 Å². The van der Waals surface area contributed by atoms with Gasteiger partial charge >= 0.3 is 0 Å². The van der Waals surface area contributed by atoms with Crippen LogP contribution in [0.15, 0.2) is 24.5 Å². The maximum atomic E-state index is 12.3. The van der Waals surface area contributed by atoms with Gasteiger partial charge in [0.1, 0.15) is 9.07 Å². The van der Waals surface area contributed by atoms with Gasteiger partial charge in [0.15, 0.2) is 6.21 Å². The van der Waals surface area contributed by atoms with E-state index >= 15 is 0 Å². The van der Waals surface area contributed by atoms with Crippen LogP contribution >= 0.6 is 24.0 Å². The van der Waals surface area contributed by atoms with Crippen LogP contribution in [0.4, 0.5) is 0 Å². The highest BCUT2D eigenvalue weighted by Gasteiger charge is 2.48. The zero-order valence-electron chi connectivity index (χ0n) is 10.5. The number of thioether (sulfide) groups is 1. The standard InChI is InChI=1S/C12H15N3OS2/c1-12(2)10(14(3)11(17)18-12)15(16)8-9-5-4-6-13-7-9/h4-8,10H,1-3H3/t10-/m0/s1. The van der Waals surface area contributed by atoms with Crippen LogP contribution in [0.3, 0.4) is 0 Å². The van der Waals surface area contributed by atoms with Gasteiger partial charge in [-0.15, -0.1) is 0 Å². The van der Waals surface area contributed by atoms with Crippen LogP contribution < -0.4 is 0 Å². The van der Waals surface area contributed by atoms with Crippen LogP contribution in [-0.2, 0) is 0 Å². The van der Waals surface area contributed by atoms with Crippen molar-refractivity contribution in [2.24, 2.45) is 0 Å². The van der Waals surface area contributed by atoms with Crippen molar-refractivity contribution in [3.8, 4) is 0 Å². The van der Waals surface area contributed by atoms with Crippen LogP contribution in [0.2, 0.25) is 0 Å². The van der Waals surface area contributed by atoms with Gasteiger partial charge in [0, 0.05) is 19.4 Å². The molecule has 0 bridgehead atoms. The minimum Gasteiger partial charge on any atom is -0.622 e. The van der Waals surface area contributed by atoms with Crippen LogP contribution in [-0.4, -0.2) is 43.1 Å². The normalized spacial score (nSPS) is 23.5. The number of nitrogens with zero attached hydrogens (tertiary/aromatic N) is 3. The summed E-state index contributed by atoms with van der Waals surface area (Å²) >= 11 is 6.81. The number of hydrogen-bond acceptors (Lipinski definition) is 4. The van der Waals surface area contributed by atoms with E-state index in [1.54, 1.807) is 30.4 Å². The van der Waals surface area contributed by atoms with E-state index in [0.29, 0.717) is 0 Å². The second-order valence-corrected chi connectivity index (χ2v) is 7.02. The van der Waals surface area contributed by atoms with Gasteiger partial charge in [-0.05, 0) is 26.0 Å². The van der Waals surface area contributed by atoms with E-state index in [-0.39, 0.29) is 10.9 Å². The van der Waals surface area contributed by atoms with Gasteiger partial charge in [0.25, 0.3) is 6.17 Å². The first-order valence-electron chi connectivity index (χ1n) is 5.58. The zero-order valence-corrected chi connectivity index (χ0v) is 12.2. The van der Waals surface area contributed by atoms with Crippen molar-refractivity contribution in [2.75, 3.05) is 7.05 Å². The van der Waals surface area contributed by atoms with E-state index in [2.05, 4.69) is 4.98 Å². The molecule has 0 radical (unpaired) electrons. The van der Waals surface area contributed by atoms with Gasteiger partial charge in [-0.3, -0.25) is 4.98 Å². The van der Waals surface area contributed by atoms with Gasteiger partial charge < -0.3 is 10.1 Å². The number of hydrogen-bond donors (Lipinski definition) is 0. The number of rotatable bonds is 2. The van der Waals surface area contributed by atoms with Crippen molar-refractivity contribution >= 4 is 34.5 Å². The molecule has 0 N–H and O–H groups in total. The number of thiocarbonyl (C=S) groups is 1. The predicted octanol–water partition coefficient (Wildman–Crippen LogP) is 2.08. The molecule has 0 aromatic carbocycles. The van der Waals surface area contributed by atoms with Crippen molar-refractivity contribution in [1.29, 1.82) is 0 Å². The van der Waals surface area contributed by atoms with E-state index < -0.39 is 0 Å². The smallest absolute Gasteiger partial charge is 0.254 e. The van der Waals surface area contributed by atoms with Crippen LogP contribution in [0, 0.1) is 5.21 Å². The molecule has 0 amide bonds. The Kier molecular flexibility index (Phi) is 3.59. The lowest BCUT2D eigenvalue weighted by molar-refractivity contribution is -0.522. The minimum absolute atomic E-state index is 0.230. The molecule has 1 atom stereocenters. The molecule has 0 saturated carbocycles. The summed E-state index contributed by atoms with van der Waals surface area (Å²) in [6.07, 6.45) is 4.61. The van der Waals surface area contributed by atoms with Gasteiger partial charge in [0.05, 0.1) is 5.56 Å². The molecule has 6 heteroatoms. The Morgan fingerprint density at radius 3 is 2.83 bits per heavy atom. The quantitative estimate of drug-likeness (QED) is 0.273. The fourth-order valence-electron chi connectivity index (χ4n) is 2.06. The highest BCUT2D eigenvalue weighted by molar-refractivity contribution is 8.24. The third kappa shape index (κ3) is 2.49. The Bertz CT molecular complexity index is 487. The third-order valence-electron chi connectivity index (χ3n) is 2.83. The molecule has 1 aromatic rings. The van der Waals surface area contributed by atoms with Crippen molar-refractivity contribution < 1.29 is 4.74 Å². The van der Waals surface area contributed by atoms with Crippen LogP contribution in [0.5, 0.6) is 0 Å². The third-order valence-corrected chi connectivity index (χ3v) is 4.57.